The second-order valence-corrected chi connectivity index (χ2v) is 5.41. The van der Waals surface area contributed by atoms with Crippen molar-refractivity contribution in [3.8, 4) is 11.5 Å². The number of hydrogen-bond donors (Lipinski definition) is 1. The number of methoxy groups -OCH3 is 1. The van der Waals surface area contributed by atoms with Crippen molar-refractivity contribution in [2.75, 3.05) is 20.3 Å². The number of nitrogens with one attached hydrogen (secondary N) is 1. The lowest BCUT2D eigenvalue weighted by atomic mass is 10.1. The minimum absolute atomic E-state index is 0.115. The Balaban J connectivity index is 1.77. The predicted octanol–water partition coefficient (Wildman–Crippen LogP) is 3.33. The van der Waals surface area contributed by atoms with Crippen molar-refractivity contribution in [1.29, 1.82) is 0 Å². The first kappa shape index (κ1) is 19.2. The molecule has 0 radical (unpaired) electrons. The van der Waals surface area contributed by atoms with Crippen LogP contribution in [0.1, 0.15) is 23.2 Å². The lowest BCUT2D eigenvalue weighted by Gasteiger charge is -2.09. The number of amides is 1. The van der Waals surface area contributed by atoms with Gasteiger partial charge in [-0.2, -0.15) is 0 Å². The number of rotatable bonds is 9. The first-order valence-electron chi connectivity index (χ1n) is 8.00. The molecule has 0 aromatic heterocycles. The fraction of sp³-hybridized carbons (Fsp3) is 0.278. The minimum Gasteiger partial charge on any atom is -0.496 e. The highest BCUT2D eigenvalue weighted by Gasteiger charge is 2.17. The normalized spacial score (nSPS) is 10.2. The van der Waals surface area contributed by atoms with E-state index in [2.05, 4.69) is 5.32 Å². The summed E-state index contributed by atoms with van der Waals surface area (Å²) in [6.45, 7) is 0.819. The van der Waals surface area contributed by atoms with Crippen molar-refractivity contribution in [2.45, 2.75) is 12.8 Å². The van der Waals surface area contributed by atoms with Crippen LogP contribution in [0.5, 0.6) is 11.5 Å². The molecular weight excluding hydrogens is 343 g/mol. The van der Waals surface area contributed by atoms with Crippen LogP contribution in [0.15, 0.2) is 42.5 Å². The highest BCUT2D eigenvalue weighted by Crippen LogP contribution is 2.23. The summed E-state index contributed by atoms with van der Waals surface area (Å²) in [5.41, 5.74) is -0.0621. The number of carbonyl (C=O) groups excluding carboxylic acids is 1. The maximum atomic E-state index is 12.8. The molecule has 0 saturated carbocycles. The van der Waals surface area contributed by atoms with E-state index < -0.39 is 10.8 Å². The Morgan fingerprint density at radius 3 is 2.58 bits per heavy atom. The Morgan fingerprint density at radius 1 is 1.19 bits per heavy atom. The monoisotopic (exact) mass is 362 g/mol. The molecular formula is C18H19FN2O5. The van der Waals surface area contributed by atoms with Crippen LogP contribution in [-0.2, 0) is 0 Å². The molecule has 2 rings (SSSR count). The fourth-order valence-corrected chi connectivity index (χ4v) is 2.23. The van der Waals surface area contributed by atoms with Crippen LogP contribution in [0.25, 0.3) is 0 Å². The van der Waals surface area contributed by atoms with E-state index in [1.807, 2.05) is 0 Å². The molecule has 0 unspecified atom stereocenters. The van der Waals surface area contributed by atoms with Gasteiger partial charge in [-0.1, -0.05) is 0 Å². The maximum absolute atomic E-state index is 12.8. The molecule has 0 aliphatic heterocycles. The number of hydrogen-bond acceptors (Lipinski definition) is 5. The van der Waals surface area contributed by atoms with Gasteiger partial charge in [0.05, 0.1) is 24.2 Å². The highest BCUT2D eigenvalue weighted by atomic mass is 19.1. The van der Waals surface area contributed by atoms with Crippen molar-refractivity contribution in [2.24, 2.45) is 0 Å². The second-order valence-electron chi connectivity index (χ2n) is 5.41. The Morgan fingerprint density at radius 2 is 1.92 bits per heavy atom. The number of ether oxygens (including phenoxy) is 2. The molecule has 0 atom stereocenters. The lowest BCUT2D eigenvalue weighted by Crippen LogP contribution is -2.25. The molecule has 0 fully saturated rings. The molecule has 138 valence electrons. The molecule has 0 bridgehead atoms. The van der Waals surface area contributed by atoms with Gasteiger partial charge < -0.3 is 14.8 Å². The minimum atomic E-state index is -0.566. The molecule has 2 aromatic rings. The quantitative estimate of drug-likeness (QED) is 0.420. The number of unbranched alkanes of at least 4 members (excludes halogenated alkanes) is 1. The summed E-state index contributed by atoms with van der Waals surface area (Å²) in [5, 5.41) is 13.5. The van der Waals surface area contributed by atoms with Gasteiger partial charge in [-0.05, 0) is 43.2 Å². The Bertz CT molecular complexity index is 765. The van der Waals surface area contributed by atoms with Gasteiger partial charge in [0.2, 0.25) is 0 Å². The summed E-state index contributed by atoms with van der Waals surface area (Å²) in [5.74, 6) is 0.0890. The molecule has 1 N–H and O–H groups in total. The number of nitro groups is 1. The van der Waals surface area contributed by atoms with Crippen LogP contribution in [0.4, 0.5) is 10.1 Å². The van der Waals surface area contributed by atoms with Gasteiger partial charge in [0, 0.05) is 18.7 Å². The Labute approximate surface area is 149 Å². The van der Waals surface area contributed by atoms with Crippen LogP contribution >= 0.6 is 0 Å². The third-order valence-electron chi connectivity index (χ3n) is 3.58. The number of nitrogens with zero attached hydrogens (tertiary/aromatic N) is 1. The smallest absolute Gasteiger partial charge is 0.270 e. The number of nitro benzene ring substituents is 1. The van der Waals surface area contributed by atoms with E-state index in [1.54, 1.807) is 12.1 Å². The zero-order valence-electron chi connectivity index (χ0n) is 14.2. The molecule has 0 heterocycles. The van der Waals surface area contributed by atoms with E-state index in [0.29, 0.717) is 31.7 Å². The number of carbonyl (C=O) groups is 1. The molecule has 2 aromatic carbocycles. The second kappa shape index (κ2) is 9.36. The molecule has 7 nitrogen and oxygen atoms in total. The van der Waals surface area contributed by atoms with Crippen molar-refractivity contribution < 1.29 is 23.6 Å². The molecule has 1 amide bonds. The van der Waals surface area contributed by atoms with Crippen molar-refractivity contribution in [3.63, 3.8) is 0 Å². The molecule has 0 aliphatic carbocycles. The van der Waals surface area contributed by atoms with E-state index in [9.17, 15) is 19.3 Å². The summed E-state index contributed by atoms with van der Waals surface area (Å²) in [7, 11) is 1.39. The van der Waals surface area contributed by atoms with E-state index in [-0.39, 0.29) is 22.8 Å². The average molecular weight is 362 g/mol. The van der Waals surface area contributed by atoms with Crippen molar-refractivity contribution in [3.05, 3.63) is 64.0 Å². The van der Waals surface area contributed by atoms with Gasteiger partial charge in [-0.3, -0.25) is 14.9 Å². The number of benzene rings is 2. The van der Waals surface area contributed by atoms with Crippen molar-refractivity contribution >= 4 is 11.6 Å². The number of non-ortho nitro benzene ring substituents is 1. The Hall–Kier alpha value is -3.16. The lowest BCUT2D eigenvalue weighted by molar-refractivity contribution is -0.384. The van der Waals surface area contributed by atoms with Crippen molar-refractivity contribution in [1.82, 2.24) is 5.32 Å². The third-order valence-corrected chi connectivity index (χ3v) is 3.58. The van der Waals surface area contributed by atoms with Crippen LogP contribution in [0.3, 0.4) is 0 Å². The topological polar surface area (TPSA) is 90.7 Å². The molecule has 0 saturated heterocycles. The zero-order valence-corrected chi connectivity index (χ0v) is 14.2. The third kappa shape index (κ3) is 5.44. The predicted molar refractivity (Wildman–Crippen MR) is 93.1 cm³/mol. The SMILES string of the molecule is COc1ccc([N+](=O)[O-])cc1C(=O)NCCCCOc1ccc(F)cc1. The van der Waals surface area contributed by atoms with Gasteiger partial charge in [0.25, 0.3) is 11.6 Å². The molecule has 8 heteroatoms. The summed E-state index contributed by atoms with van der Waals surface area (Å²) in [4.78, 5) is 22.5. The van der Waals surface area contributed by atoms with Gasteiger partial charge in [0.1, 0.15) is 17.3 Å². The summed E-state index contributed by atoms with van der Waals surface area (Å²) in [6.07, 6.45) is 1.34. The number of halogens is 1. The van der Waals surface area contributed by atoms with Gasteiger partial charge in [-0.25, -0.2) is 4.39 Å². The summed E-state index contributed by atoms with van der Waals surface area (Å²) < 4.78 is 23.3. The molecule has 26 heavy (non-hydrogen) atoms. The van der Waals surface area contributed by atoms with Gasteiger partial charge in [0.15, 0.2) is 0 Å². The summed E-state index contributed by atoms with van der Waals surface area (Å²) in [6, 6.07) is 9.60. The largest absolute Gasteiger partial charge is 0.496 e. The van der Waals surface area contributed by atoms with E-state index in [4.69, 9.17) is 9.47 Å². The van der Waals surface area contributed by atoms with Crippen LogP contribution in [-0.4, -0.2) is 31.1 Å². The zero-order chi connectivity index (χ0) is 18.9. The molecule has 0 spiro atoms. The average Bonchev–Trinajstić information content (AvgIpc) is 2.65. The van der Waals surface area contributed by atoms with Gasteiger partial charge in [-0.15, -0.1) is 0 Å². The summed E-state index contributed by atoms with van der Waals surface area (Å²) >= 11 is 0. The Kier molecular flexibility index (Phi) is 6.90. The van der Waals surface area contributed by atoms with E-state index in [1.165, 1.54) is 37.4 Å². The van der Waals surface area contributed by atoms with Crippen LogP contribution in [0.2, 0.25) is 0 Å². The molecule has 0 aliphatic rings. The van der Waals surface area contributed by atoms with Crippen LogP contribution in [0, 0.1) is 15.9 Å². The van der Waals surface area contributed by atoms with Gasteiger partial charge >= 0.3 is 0 Å². The highest BCUT2D eigenvalue weighted by molar-refractivity contribution is 5.97. The standard InChI is InChI=1S/C18H19FN2O5/c1-25-17-9-6-14(21(23)24)12-16(17)18(22)20-10-2-3-11-26-15-7-4-13(19)5-8-15/h4-9,12H,2-3,10-11H2,1H3,(H,20,22). The maximum Gasteiger partial charge on any atom is 0.270 e. The van der Waals surface area contributed by atoms with E-state index >= 15 is 0 Å². The first-order chi connectivity index (χ1) is 12.5. The fourth-order valence-electron chi connectivity index (χ4n) is 2.23. The van der Waals surface area contributed by atoms with E-state index in [0.717, 1.165) is 0 Å². The van der Waals surface area contributed by atoms with Crippen LogP contribution < -0.4 is 14.8 Å². The first-order valence-corrected chi connectivity index (χ1v) is 8.00.